The Bertz CT molecular complexity index is 326. The Morgan fingerprint density at radius 2 is 1.65 bits per heavy atom. The summed E-state index contributed by atoms with van der Waals surface area (Å²) in [5.74, 6) is 0. The maximum absolute atomic E-state index is 3.37. The molecule has 0 aliphatic carbocycles. The fourth-order valence-electron chi connectivity index (χ4n) is 2.84. The summed E-state index contributed by atoms with van der Waals surface area (Å²) in [6, 6.07) is 2.77. The first-order valence-corrected chi connectivity index (χ1v) is 8.64. The first-order chi connectivity index (χ1) is 9.81. The predicted octanol–water partition coefficient (Wildman–Crippen LogP) is 5.30. The summed E-state index contributed by atoms with van der Waals surface area (Å²) in [5.41, 5.74) is 1.43. The van der Waals surface area contributed by atoms with Gasteiger partial charge in [0, 0.05) is 25.0 Å². The molecule has 0 bridgehead atoms. The van der Waals surface area contributed by atoms with E-state index in [1.807, 2.05) is 7.05 Å². The van der Waals surface area contributed by atoms with Crippen LogP contribution in [0.25, 0.3) is 0 Å². The topological polar surface area (TPSA) is 17.0 Å². The SMILES string of the molecule is CCCCCCCCCCn1ccc(C(CC)NC)c1. The Labute approximate surface area is 126 Å². The Morgan fingerprint density at radius 3 is 2.25 bits per heavy atom. The molecule has 1 heterocycles. The lowest BCUT2D eigenvalue weighted by molar-refractivity contribution is 0.541. The molecule has 0 amide bonds. The molecule has 1 unspecified atom stereocenters. The number of hydrogen-bond donors (Lipinski definition) is 1. The van der Waals surface area contributed by atoms with Crippen LogP contribution in [0.15, 0.2) is 18.5 Å². The first kappa shape index (κ1) is 17.3. The van der Waals surface area contributed by atoms with Crippen LogP contribution in [0.4, 0.5) is 0 Å². The van der Waals surface area contributed by atoms with Crippen LogP contribution in [-0.4, -0.2) is 11.6 Å². The van der Waals surface area contributed by atoms with E-state index in [1.165, 1.54) is 63.5 Å². The van der Waals surface area contributed by atoms with E-state index in [-0.39, 0.29) is 0 Å². The van der Waals surface area contributed by atoms with Gasteiger partial charge in [-0.1, -0.05) is 58.8 Å². The summed E-state index contributed by atoms with van der Waals surface area (Å²) >= 11 is 0. The van der Waals surface area contributed by atoms with Crippen molar-refractivity contribution in [1.82, 2.24) is 9.88 Å². The number of aryl methyl sites for hydroxylation is 1. The van der Waals surface area contributed by atoms with Gasteiger partial charge in [0.05, 0.1) is 0 Å². The molecule has 0 aliphatic rings. The van der Waals surface area contributed by atoms with Gasteiger partial charge in [0.25, 0.3) is 0 Å². The molecule has 0 saturated heterocycles. The van der Waals surface area contributed by atoms with Gasteiger partial charge < -0.3 is 9.88 Å². The molecule has 116 valence electrons. The van der Waals surface area contributed by atoms with Crippen molar-refractivity contribution < 1.29 is 0 Å². The maximum atomic E-state index is 3.37. The zero-order chi connectivity index (χ0) is 14.6. The molecular formula is C18H34N2. The lowest BCUT2D eigenvalue weighted by Gasteiger charge is -2.11. The van der Waals surface area contributed by atoms with Crippen LogP contribution in [0, 0.1) is 0 Å². The van der Waals surface area contributed by atoms with E-state index in [1.54, 1.807) is 0 Å². The molecule has 0 spiro atoms. The van der Waals surface area contributed by atoms with E-state index in [4.69, 9.17) is 0 Å². The van der Waals surface area contributed by atoms with E-state index in [2.05, 4.69) is 42.2 Å². The molecule has 1 aromatic rings. The first-order valence-electron chi connectivity index (χ1n) is 8.64. The third-order valence-electron chi connectivity index (χ3n) is 4.20. The highest BCUT2D eigenvalue weighted by Gasteiger charge is 2.07. The Hall–Kier alpha value is -0.760. The summed E-state index contributed by atoms with van der Waals surface area (Å²) in [5, 5.41) is 3.37. The van der Waals surface area contributed by atoms with Gasteiger partial charge in [0.2, 0.25) is 0 Å². The summed E-state index contributed by atoms with van der Waals surface area (Å²) in [6.45, 7) is 5.69. The van der Waals surface area contributed by atoms with Crippen LogP contribution < -0.4 is 5.32 Å². The van der Waals surface area contributed by atoms with Crippen molar-refractivity contribution in [3.8, 4) is 0 Å². The Kier molecular flexibility index (Phi) is 9.48. The molecule has 2 heteroatoms. The molecule has 1 rings (SSSR count). The average molecular weight is 278 g/mol. The van der Waals surface area contributed by atoms with Crippen molar-refractivity contribution in [2.24, 2.45) is 0 Å². The molecule has 20 heavy (non-hydrogen) atoms. The van der Waals surface area contributed by atoms with Crippen molar-refractivity contribution in [2.75, 3.05) is 7.05 Å². The zero-order valence-corrected chi connectivity index (χ0v) is 13.8. The summed E-state index contributed by atoms with van der Waals surface area (Å²) in [7, 11) is 2.05. The molecule has 0 fully saturated rings. The smallest absolute Gasteiger partial charge is 0.0329 e. The van der Waals surface area contributed by atoms with Crippen LogP contribution in [0.5, 0.6) is 0 Å². The molecule has 1 N–H and O–H groups in total. The highest BCUT2D eigenvalue weighted by molar-refractivity contribution is 5.15. The van der Waals surface area contributed by atoms with Crippen molar-refractivity contribution in [2.45, 2.75) is 84.2 Å². The normalized spacial score (nSPS) is 12.8. The molecule has 0 aromatic carbocycles. The number of nitrogens with one attached hydrogen (secondary N) is 1. The second kappa shape index (κ2) is 11.0. The second-order valence-electron chi connectivity index (χ2n) is 5.91. The molecule has 0 saturated carbocycles. The number of aromatic nitrogens is 1. The number of unbranched alkanes of at least 4 members (excludes halogenated alkanes) is 7. The van der Waals surface area contributed by atoms with Crippen LogP contribution in [0.3, 0.4) is 0 Å². The van der Waals surface area contributed by atoms with Gasteiger partial charge in [-0.3, -0.25) is 0 Å². The van der Waals surface area contributed by atoms with E-state index in [0.29, 0.717) is 6.04 Å². The van der Waals surface area contributed by atoms with Gasteiger partial charge in [-0.25, -0.2) is 0 Å². The largest absolute Gasteiger partial charge is 0.354 e. The summed E-state index contributed by atoms with van der Waals surface area (Å²) in [6.07, 6.45) is 16.8. The van der Waals surface area contributed by atoms with Gasteiger partial charge in [0.1, 0.15) is 0 Å². The van der Waals surface area contributed by atoms with Crippen LogP contribution >= 0.6 is 0 Å². The van der Waals surface area contributed by atoms with Crippen LogP contribution in [0.2, 0.25) is 0 Å². The molecule has 1 aromatic heterocycles. The Morgan fingerprint density at radius 1 is 1.00 bits per heavy atom. The fourth-order valence-corrected chi connectivity index (χ4v) is 2.84. The molecule has 2 nitrogen and oxygen atoms in total. The monoisotopic (exact) mass is 278 g/mol. The van der Waals surface area contributed by atoms with Crippen molar-refractivity contribution >= 4 is 0 Å². The fraction of sp³-hybridized carbons (Fsp3) is 0.778. The van der Waals surface area contributed by atoms with Crippen LogP contribution in [0.1, 0.15) is 83.2 Å². The van der Waals surface area contributed by atoms with Crippen molar-refractivity contribution in [3.05, 3.63) is 24.0 Å². The number of rotatable bonds is 12. The standard InChI is InChI=1S/C18H34N2/c1-4-6-7-8-9-10-11-12-14-20-15-13-17(16-20)18(5-2)19-3/h13,15-16,18-19H,4-12,14H2,1-3H3. The third kappa shape index (κ3) is 6.60. The Balaban J connectivity index is 2.10. The van der Waals surface area contributed by atoms with Crippen molar-refractivity contribution in [3.63, 3.8) is 0 Å². The highest BCUT2D eigenvalue weighted by Crippen LogP contribution is 2.17. The average Bonchev–Trinajstić information content (AvgIpc) is 2.92. The number of hydrogen-bond acceptors (Lipinski definition) is 1. The maximum Gasteiger partial charge on any atom is 0.0329 e. The molecular weight excluding hydrogens is 244 g/mol. The highest BCUT2D eigenvalue weighted by atomic mass is 14.9. The summed E-state index contributed by atoms with van der Waals surface area (Å²) < 4.78 is 2.35. The lowest BCUT2D eigenvalue weighted by atomic mass is 10.1. The minimum Gasteiger partial charge on any atom is -0.354 e. The van der Waals surface area contributed by atoms with E-state index >= 15 is 0 Å². The molecule has 1 atom stereocenters. The molecule has 0 radical (unpaired) electrons. The van der Waals surface area contributed by atoms with E-state index in [0.717, 1.165) is 6.42 Å². The van der Waals surface area contributed by atoms with Gasteiger partial charge in [0.15, 0.2) is 0 Å². The minimum absolute atomic E-state index is 0.509. The third-order valence-corrected chi connectivity index (χ3v) is 4.20. The molecule has 0 aliphatic heterocycles. The van der Waals surface area contributed by atoms with Crippen LogP contribution in [-0.2, 0) is 6.54 Å². The lowest BCUT2D eigenvalue weighted by Crippen LogP contribution is -2.14. The van der Waals surface area contributed by atoms with Gasteiger partial charge in [-0.05, 0) is 31.5 Å². The zero-order valence-electron chi connectivity index (χ0n) is 13.8. The van der Waals surface area contributed by atoms with E-state index in [9.17, 15) is 0 Å². The second-order valence-corrected chi connectivity index (χ2v) is 5.91. The van der Waals surface area contributed by atoms with Gasteiger partial charge in [-0.15, -0.1) is 0 Å². The minimum atomic E-state index is 0.509. The number of nitrogens with zero attached hydrogens (tertiary/aromatic N) is 1. The summed E-state index contributed by atoms with van der Waals surface area (Å²) in [4.78, 5) is 0. The van der Waals surface area contributed by atoms with E-state index < -0.39 is 0 Å². The van der Waals surface area contributed by atoms with Crippen molar-refractivity contribution in [1.29, 1.82) is 0 Å². The quantitative estimate of drug-likeness (QED) is 0.513. The van der Waals surface area contributed by atoms with Gasteiger partial charge in [-0.2, -0.15) is 0 Å². The van der Waals surface area contributed by atoms with Gasteiger partial charge >= 0.3 is 0 Å². The predicted molar refractivity (Wildman–Crippen MR) is 89.1 cm³/mol.